The molecule has 0 saturated carbocycles. The van der Waals surface area contributed by atoms with Gasteiger partial charge < -0.3 is 19.9 Å². The maximum Gasteiger partial charge on any atom is 0.323 e. The van der Waals surface area contributed by atoms with Crippen molar-refractivity contribution in [2.45, 2.75) is 27.3 Å². The maximum atomic E-state index is 5.30. The van der Waals surface area contributed by atoms with E-state index in [0.29, 0.717) is 43.3 Å². The van der Waals surface area contributed by atoms with Crippen LogP contribution >= 0.6 is 0 Å². The van der Waals surface area contributed by atoms with E-state index in [4.69, 9.17) is 9.26 Å². The second-order valence-corrected chi connectivity index (χ2v) is 3.81. The minimum atomic E-state index is 0.269. The summed E-state index contributed by atoms with van der Waals surface area (Å²) in [4.78, 5) is 16.6. The summed E-state index contributed by atoms with van der Waals surface area (Å²) in [6.07, 6.45) is 0. The Labute approximate surface area is 116 Å². The lowest BCUT2D eigenvalue weighted by Crippen LogP contribution is -2.11. The van der Waals surface area contributed by atoms with Crippen LogP contribution in [0.15, 0.2) is 4.52 Å². The van der Waals surface area contributed by atoms with Crippen LogP contribution in [-0.4, -0.2) is 38.2 Å². The van der Waals surface area contributed by atoms with Crippen LogP contribution in [0, 0.1) is 6.92 Å². The number of nitrogens with zero attached hydrogens (tertiary/aromatic N) is 5. The smallest absolute Gasteiger partial charge is 0.323 e. The number of rotatable bonds is 7. The molecule has 0 bridgehead atoms. The first-order valence-electron chi connectivity index (χ1n) is 6.37. The van der Waals surface area contributed by atoms with E-state index in [9.17, 15) is 0 Å². The Hall–Kier alpha value is -2.45. The molecule has 0 aliphatic carbocycles. The largest absolute Gasteiger partial charge is 0.464 e. The molecule has 20 heavy (non-hydrogen) atoms. The normalized spacial score (nSPS) is 10.3. The van der Waals surface area contributed by atoms with Gasteiger partial charge in [0.05, 0.1) is 13.2 Å². The van der Waals surface area contributed by atoms with Gasteiger partial charge in [-0.05, 0) is 13.8 Å². The minimum absolute atomic E-state index is 0.269. The van der Waals surface area contributed by atoms with Gasteiger partial charge in [0.2, 0.25) is 17.8 Å². The van der Waals surface area contributed by atoms with Crippen molar-refractivity contribution in [2.75, 3.05) is 23.8 Å². The second-order valence-electron chi connectivity index (χ2n) is 3.81. The maximum absolute atomic E-state index is 5.30. The molecule has 9 nitrogen and oxygen atoms in total. The SMILES string of the molecule is CCNc1nc(NCc2noc(C)n2)nc(OCC)n1. The van der Waals surface area contributed by atoms with Crippen molar-refractivity contribution >= 4 is 11.9 Å². The molecule has 2 aromatic rings. The zero-order valence-electron chi connectivity index (χ0n) is 11.7. The third kappa shape index (κ3) is 3.77. The molecule has 2 N–H and O–H groups in total. The summed E-state index contributed by atoms with van der Waals surface area (Å²) in [5, 5.41) is 9.80. The van der Waals surface area contributed by atoms with Gasteiger partial charge >= 0.3 is 6.01 Å². The molecule has 0 fully saturated rings. The third-order valence-electron chi connectivity index (χ3n) is 2.20. The summed E-state index contributed by atoms with van der Waals surface area (Å²) >= 11 is 0. The van der Waals surface area contributed by atoms with E-state index in [1.807, 2.05) is 13.8 Å². The zero-order chi connectivity index (χ0) is 14.4. The van der Waals surface area contributed by atoms with Crippen LogP contribution in [0.5, 0.6) is 6.01 Å². The molecular formula is C11H17N7O2. The van der Waals surface area contributed by atoms with Crippen LogP contribution in [0.25, 0.3) is 0 Å². The van der Waals surface area contributed by atoms with Crippen LogP contribution < -0.4 is 15.4 Å². The fraction of sp³-hybridized carbons (Fsp3) is 0.545. The highest BCUT2D eigenvalue weighted by Gasteiger charge is 2.08. The fourth-order valence-electron chi connectivity index (χ4n) is 1.44. The molecule has 0 atom stereocenters. The molecule has 0 radical (unpaired) electrons. The average Bonchev–Trinajstić information content (AvgIpc) is 2.83. The van der Waals surface area contributed by atoms with Gasteiger partial charge in [0.15, 0.2) is 5.82 Å². The lowest BCUT2D eigenvalue weighted by Gasteiger charge is -2.08. The second kappa shape index (κ2) is 6.64. The number of ether oxygens (including phenoxy) is 1. The number of aryl methyl sites for hydroxylation is 1. The Bertz CT molecular complexity index is 533. The molecule has 0 spiro atoms. The summed E-state index contributed by atoms with van der Waals surface area (Å²) < 4.78 is 10.2. The molecule has 0 saturated heterocycles. The van der Waals surface area contributed by atoms with Crippen molar-refractivity contribution < 1.29 is 9.26 Å². The van der Waals surface area contributed by atoms with E-state index in [-0.39, 0.29) is 6.01 Å². The van der Waals surface area contributed by atoms with Gasteiger partial charge in [-0.3, -0.25) is 0 Å². The molecule has 108 valence electrons. The number of nitrogens with one attached hydrogen (secondary N) is 2. The van der Waals surface area contributed by atoms with Crippen molar-refractivity contribution in [2.24, 2.45) is 0 Å². The lowest BCUT2D eigenvalue weighted by atomic mass is 10.6. The molecule has 0 aliphatic heterocycles. The highest BCUT2D eigenvalue weighted by Crippen LogP contribution is 2.11. The summed E-state index contributed by atoms with van der Waals surface area (Å²) in [7, 11) is 0. The molecule has 2 rings (SSSR count). The van der Waals surface area contributed by atoms with Gasteiger partial charge in [-0.15, -0.1) is 0 Å². The highest BCUT2D eigenvalue weighted by molar-refractivity contribution is 5.35. The Morgan fingerprint density at radius 3 is 2.40 bits per heavy atom. The quantitative estimate of drug-likeness (QED) is 0.766. The molecule has 0 amide bonds. The van der Waals surface area contributed by atoms with Crippen LogP contribution in [0.3, 0.4) is 0 Å². The van der Waals surface area contributed by atoms with Crippen molar-refractivity contribution in [1.29, 1.82) is 0 Å². The first-order valence-corrected chi connectivity index (χ1v) is 6.37. The van der Waals surface area contributed by atoms with Crippen molar-refractivity contribution in [3.63, 3.8) is 0 Å². The fourth-order valence-corrected chi connectivity index (χ4v) is 1.44. The van der Waals surface area contributed by atoms with Gasteiger partial charge in [0.25, 0.3) is 0 Å². The first kappa shape index (κ1) is 14.0. The lowest BCUT2D eigenvalue weighted by molar-refractivity contribution is 0.312. The number of aromatic nitrogens is 5. The van der Waals surface area contributed by atoms with Gasteiger partial charge in [-0.1, -0.05) is 5.16 Å². The molecule has 0 aromatic carbocycles. The van der Waals surface area contributed by atoms with Crippen molar-refractivity contribution in [1.82, 2.24) is 25.1 Å². The predicted molar refractivity (Wildman–Crippen MR) is 71.5 cm³/mol. The topological polar surface area (TPSA) is 111 Å². The minimum Gasteiger partial charge on any atom is -0.464 e. The highest BCUT2D eigenvalue weighted by atomic mass is 16.5. The zero-order valence-corrected chi connectivity index (χ0v) is 11.7. The first-order chi connectivity index (χ1) is 9.71. The van der Waals surface area contributed by atoms with E-state index >= 15 is 0 Å². The van der Waals surface area contributed by atoms with E-state index < -0.39 is 0 Å². The predicted octanol–water partition coefficient (Wildman–Crippen LogP) is 1.01. The van der Waals surface area contributed by atoms with Gasteiger partial charge in [0, 0.05) is 13.5 Å². The van der Waals surface area contributed by atoms with E-state index in [1.165, 1.54) is 0 Å². The Balaban J connectivity index is 2.08. The van der Waals surface area contributed by atoms with Gasteiger partial charge in [0.1, 0.15) is 0 Å². The molecule has 9 heteroatoms. The number of hydrogen-bond donors (Lipinski definition) is 2. The Morgan fingerprint density at radius 1 is 1.05 bits per heavy atom. The summed E-state index contributed by atoms with van der Waals surface area (Å²) in [5.74, 6) is 1.89. The van der Waals surface area contributed by atoms with Crippen LogP contribution in [0.1, 0.15) is 25.6 Å². The number of hydrogen-bond acceptors (Lipinski definition) is 9. The van der Waals surface area contributed by atoms with Crippen LogP contribution in [0.4, 0.5) is 11.9 Å². The van der Waals surface area contributed by atoms with Gasteiger partial charge in [-0.2, -0.15) is 19.9 Å². The third-order valence-corrected chi connectivity index (χ3v) is 2.20. The number of anilines is 2. The molecule has 2 heterocycles. The molecule has 0 aliphatic rings. The molecule has 0 unspecified atom stereocenters. The van der Waals surface area contributed by atoms with Gasteiger partial charge in [-0.25, -0.2) is 0 Å². The summed E-state index contributed by atoms with van der Waals surface area (Å²) in [6.45, 7) is 7.11. The Kier molecular flexibility index (Phi) is 4.64. The van der Waals surface area contributed by atoms with E-state index in [1.54, 1.807) is 6.92 Å². The van der Waals surface area contributed by atoms with E-state index in [0.717, 1.165) is 0 Å². The average molecular weight is 279 g/mol. The van der Waals surface area contributed by atoms with E-state index in [2.05, 4.69) is 35.7 Å². The monoisotopic (exact) mass is 279 g/mol. The summed E-state index contributed by atoms with van der Waals surface area (Å²) in [6, 6.07) is 0.269. The summed E-state index contributed by atoms with van der Waals surface area (Å²) in [5.41, 5.74) is 0. The van der Waals surface area contributed by atoms with Crippen molar-refractivity contribution in [3.8, 4) is 6.01 Å². The molecular weight excluding hydrogens is 262 g/mol. The molecule has 2 aromatic heterocycles. The van der Waals surface area contributed by atoms with Crippen molar-refractivity contribution in [3.05, 3.63) is 11.7 Å². The Morgan fingerprint density at radius 2 is 1.80 bits per heavy atom. The standard InChI is InChI=1S/C11H17N7O2/c1-4-12-9-15-10(17-11(16-9)19-5-2)13-6-8-14-7(3)20-18-8/h4-6H2,1-3H3,(H2,12,13,15,16,17). The van der Waals surface area contributed by atoms with Crippen LogP contribution in [-0.2, 0) is 6.54 Å². The van der Waals surface area contributed by atoms with Crippen LogP contribution in [0.2, 0.25) is 0 Å².